The fourth-order valence-corrected chi connectivity index (χ4v) is 2.87. The number of para-hydroxylation sites is 2. The number of aryl methyl sites for hydroxylation is 1. The van der Waals surface area contributed by atoms with Gasteiger partial charge in [-0.25, -0.2) is 4.98 Å². The maximum Gasteiger partial charge on any atom is 0.283 e. The van der Waals surface area contributed by atoms with E-state index >= 15 is 0 Å². The summed E-state index contributed by atoms with van der Waals surface area (Å²) in [6, 6.07) is 7.45. The number of carbonyl (C=O) groups excluding carboxylic acids is 1. The Labute approximate surface area is 139 Å². The lowest BCUT2D eigenvalue weighted by molar-refractivity contribution is -0.118. The highest BCUT2D eigenvalue weighted by atomic mass is 32.2. The number of amides is 1. The summed E-state index contributed by atoms with van der Waals surface area (Å²) in [5.41, 5.74) is 1.34. The maximum atomic E-state index is 12.3. The third-order valence-electron chi connectivity index (χ3n) is 3.28. The summed E-state index contributed by atoms with van der Waals surface area (Å²) in [5, 5.41) is 3.15. The highest BCUT2D eigenvalue weighted by Gasteiger charge is 2.10. The average molecular weight is 335 g/mol. The number of nitrogens with zero attached hydrogens (tertiary/aromatic N) is 2. The fraction of sp³-hybridized carbons (Fsp3) is 0.438. The van der Waals surface area contributed by atoms with Gasteiger partial charge in [0.05, 0.1) is 16.8 Å². The van der Waals surface area contributed by atoms with Crippen molar-refractivity contribution in [2.24, 2.45) is 7.05 Å². The molecule has 0 unspecified atom stereocenters. The van der Waals surface area contributed by atoms with Crippen molar-refractivity contribution in [3.8, 4) is 0 Å². The van der Waals surface area contributed by atoms with Crippen LogP contribution in [0.3, 0.4) is 0 Å². The molecule has 1 aromatic heterocycles. The molecular formula is C16H21N3O3S. The van der Waals surface area contributed by atoms with Crippen molar-refractivity contribution in [1.82, 2.24) is 14.9 Å². The zero-order valence-electron chi connectivity index (χ0n) is 13.4. The fourth-order valence-electron chi connectivity index (χ4n) is 2.08. The van der Waals surface area contributed by atoms with Crippen LogP contribution in [0.15, 0.2) is 34.1 Å². The molecule has 0 spiro atoms. The molecule has 0 saturated heterocycles. The van der Waals surface area contributed by atoms with Crippen LogP contribution in [-0.2, 0) is 16.6 Å². The zero-order chi connectivity index (χ0) is 16.7. The number of carbonyl (C=O) groups is 1. The third kappa shape index (κ3) is 4.80. The summed E-state index contributed by atoms with van der Waals surface area (Å²) < 4.78 is 6.76. The van der Waals surface area contributed by atoms with Crippen LogP contribution in [0.5, 0.6) is 0 Å². The lowest BCUT2D eigenvalue weighted by Gasteiger charge is -2.08. The largest absolute Gasteiger partial charge is 0.382 e. The Morgan fingerprint density at radius 1 is 1.39 bits per heavy atom. The van der Waals surface area contributed by atoms with Gasteiger partial charge in [0.2, 0.25) is 5.91 Å². The average Bonchev–Trinajstić information content (AvgIpc) is 2.56. The number of thioether (sulfide) groups is 1. The molecule has 0 radical (unpaired) electrons. The summed E-state index contributed by atoms with van der Waals surface area (Å²) in [4.78, 5) is 28.4. The van der Waals surface area contributed by atoms with Crippen LogP contribution in [-0.4, -0.2) is 41.0 Å². The van der Waals surface area contributed by atoms with Gasteiger partial charge in [0, 0.05) is 26.8 Å². The van der Waals surface area contributed by atoms with Crippen LogP contribution >= 0.6 is 11.8 Å². The number of benzene rings is 1. The highest BCUT2D eigenvalue weighted by Crippen LogP contribution is 2.15. The first kappa shape index (κ1) is 17.5. The standard InChI is InChI=1S/C16H21N3O3S/c1-3-22-10-6-9-17-14(20)11-23-15-16(21)19(2)13-8-5-4-7-12(13)18-15/h4-5,7-8H,3,6,9-11H2,1-2H3,(H,17,20). The van der Waals surface area contributed by atoms with Crippen LogP contribution in [0, 0.1) is 0 Å². The Morgan fingerprint density at radius 2 is 2.17 bits per heavy atom. The van der Waals surface area contributed by atoms with E-state index in [9.17, 15) is 9.59 Å². The lowest BCUT2D eigenvalue weighted by atomic mass is 10.3. The molecular weight excluding hydrogens is 314 g/mol. The predicted molar refractivity (Wildman–Crippen MR) is 91.8 cm³/mol. The van der Waals surface area contributed by atoms with Crippen molar-refractivity contribution in [3.05, 3.63) is 34.6 Å². The van der Waals surface area contributed by atoms with E-state index in [2.05, 4.69) is 10.3 Å². The van der Waals surface area contributed by atoms with Gasteiger partial charge in [-0.15, -0.1) is 0 Å². The molecule has 1 aromatic carbocycles. The predicted octanol–water partition coefficient (Wildman–Crippen LogP) is 1.57. The summed E-state index contributed by atoms with van der Waals surface area (Å²) in [6.07, 6.45) is 0.778. The smallest absolute Gasteiger partial charge is 0.283 e. The second-order valence-corrected chi connectivity index (χ2v) is 5.92. The van der Waals surface area contributed by atoms with Gasteiger partial charge in [0.25, 0.3) is 5.56 Å². The van der Waals surface area contributed by atoms with Gasteiger partial charge >= 0.3 is 0 Å². The van der Waals surface area contributed by atoms with Gasteiger partial charge in [-0.3, -0.25) is 9.59 Å². The number of fused-ring (bicyclic) bond motifs is 1. The summed E-state index contributed by atoms with van der Waals surface area (Å²) in [5.74, 6) is 0.0679. The SMILES string of the molecule is CCOCCCNC(=O)CSc1nc2ccccc2n(C)c1=O. The first-order chi connectivity index (χ1) is 11.1. The van der Waals surface area contributed by atoms with Crippen molar-refractivity contribution in [2.75, 3.05) is 25.5 Å². The lowest BCUT2D eigenvalue weighted by Crippen LogP contribution is -2.28. The number of ether oxygens (including phenoxy) is 1. The van der Waals surface area contributed by atoms with Crippen LogP contribution < -0.4 is 10.9 Å². The van der Waals surface area contributed by atoms with Crippen molar-refractivity contribution < 1.29 is 9.53 Å². The molecule has 1 N–H and O–H groups in total. The Kier molecular flexibility index (Phi) is 6.61. The van der Waals surface area contributed by atoms with Crippen LogP contribution in [0.1, 0.15) is 13.3 Å². The van der Waals surface area contributed by atoms with Gasteiger partial charge in [0.15, 0.2) is 5.03 Å². The van der Waals surface area contributed by atoms with E-state index in [0.29, 0.717) is 24.8 Å². The monoisotopic (exact) mass is 335 g/mol. The molecule has 0 aliphatic rings. The summed E-state index contributed by atoms with van der Waals surface area (Å²) in [7, 11) is 1.71. The van der Waals surface area contributed by atoms with E-state index in [1.807, 2.05) is 31.2 Å². The number of hydrogen-bond acceptors (Lipinski definition) is 5. The van der Waals surface area contributed by atoms with E-state index in [4.69, 9.17) is 4.74 Å². The van der Waals surface area contributed by atoms with E-state index in [-0.39, 0.29) is 17.2 Å². The molecule has 2 aromatic rings. The Balaban J connectivity index is 1.93. The Morgan fingerprint density at radius 3 is 2.96 bits per heavy atom. The van der Waals surface area contributed by atoms with Crippen molar-refractivity contribution in [2.45, 2.75) is 18.4 Å². The first-order valence-electron chi connectivity index (χ1n) is 7.56. The van der Waals surface area contributed by atoms with Crippen molar-refractivity contribution >= 4 is 28.7 Å². The number of rotatable bonds is 8. The molecule has 124 valence electrons. The minimum atomic E-state index is -0.183. The molecule has 23 heavy (non-hydrogen) atoms. The molecule has 7 heteroatoms. The van der Waals surface area contributed by atoms with Crippen LogP contribution in [0.4, 0.5) is 0 Å². The number of aromatic nitrogens is 2. The second kappa shape index (κ2) is 8.69. The second-order valence-electron chi connectivity index (χ2n) is 4.96. The quantitative estimate of drug-likeness (QED) is 0.585. The third-order valence-corrected chi connectivity index (χ3v) is 4.23. The minimum Gasteiger partial charge on any atom is -0.382 e. The van der Waals surface area contributed by atoms with E-state index in [1.165, 1.54) is 0 Å². The Bertz CT molecular complexity index is 730. The summed E-state index contributed by atoms with van der Waals surface area (Å²) >= 11 is 1.16. The summed E-state index contributed by atoms with van der Waals surface area (Å²) in [6.45, 7) is 3.83. The van der Waals surface area contributed by atoms with Gasteiger partial charge in [-0.1, -0.05) is 23.9 Å². The molecule has 0 bridgehead atoms. The van der Waals surface area contributed by atoms with Gasteiger partial charge in [0.1, 0.15) is 0 Å². The van der Waals surface area contributed by atoms with Gasteiger partial charge in [-0.05, 0) is 25.5 Å². The van der Waals surface area contributed by atoms with Crippen molar-refractivity contribution in [3.63, 3.8) is 0 Å². The Hall–Kier alpha value is -1.86. The highest BCUT2D eigenvalue weighted by molar-refractivity contribution is 7.99. The number of nitrogens with one attached hydrogen (secondary N) is 1. The van der Waals surface area contributed by atoms with Crippen LogP contribution in [0.25, 0.3) is 11.0 Å². The minimum absolute atomic E-state index is 0.108. The topological polar surface area (TPSA) is 73.2 Å². The van der Waals surface area contributed by atoms with E-state index in [0.717, 1.165) is 29.2 Å². The van der Waals surface area contributed by atoms with E-state index in [1.54, 1.807) is 11.6 Å². The molecule has 2 rings (SSSR count). The molecule has 1 amide bonds. The maximum absolute atomic E-state index is 12.3. The van der Waals surface area contributed by atoms with Crippen LogP contribution in [0.2, 0.25) is 0 Å². The van der Waals surface area contributed by atoms with Gasteiger partial charge < -0.3 is 14.6 Å². The van der Waals surface area contributed by atoms with E-state index < -0.39 is 0 Å². The number of hydrogen-bond donors (Lipinski definition) is 1. The molecule has 1 heterocycles. The first-order valence-corrected chi connectivity index (χ1v) is 8.55. The molecule has 0 aliphatic heterocycles. The molecule has 0 atom stereocenters. The normalized spacial score (nSPS) is 10.9. The molecule has 0 aliphatic carbocycles. The van der Waals surface area contributed by atoms with Gasteiger partial charge in [-0.2, -0.15) is 0 Å². The molecule has 0 saturated carbocycles. The molecule has 6 nitrogen and oxygen atoms in total. The molecule has 0 fully saturated rings. The zero-order valence-corrected chi connectivity index (χ0v) is 14.2. The van der Waals surface area contributed by atoms with Crippen molar-refractivity contribution in [1.29, 1.82) is 0 Å².